The largest absolute Gasteiger partial charge is 0.485 e. The molecule has 0 aliphatic rings. The molecule has 0 radical (unpaired) electrons. The Morgan fingerprint density at radius 3 is 2.89 bits per heavy atom. The molecule has 0 aliphatic heterocycles. The SMILES string of the molecule is Cc1cn2cccc(OCc3ccccc3Br)c2n1. The van der Waals surface area contributed by atoms with Gasteiger partial charge in [0.1, 0.15) is 6.61 Å². The molecule has 19 heavy (non-hydrogen) atoms. The summed E-state index contributed by atoms with van der Waals surface area (Å²) in [7, 11) is 0. The summed E-state index contributed by atoms with van der Waals surface area (Å²) < 4.78 is 8.92. The molecule has 3 nitrogen and oxygen atoms in total. The van der Waals surface area contributed by atoms with Gasteiger partial charge in [-0.15, -0.1) is 0 Å². The number of rotatable bonds is 3. The van der Waals surface area contributed by atoms with Gasteiger partial charge in [0, 0.05) is 22.4 Å². The molecule has 96 valence electrons. The second-order valence-corrected chi connectivity index (χ2v) is 5.22. The lowest BCUT2D eigenvalue weighted by molar-refractivity contribution is 0.307. The number of benzene rings is 1. The van der Waals surface area contributed by atoms with Crippen molar-refractivity contribution in [3.8, 4) is 5.75 Å². The Kier molecular flexibility index (Phi) is 3.25. The summed E-state index contributed by atoms with van der Waals surface area (Å²) in [6, 6.07) is 12.0. The van der Waals surface area contributed by atoms with Crippen molar-refractivity contribution in [2.45, 2.75) is 13.5 Å². The minimum absolute atomic E-state index is 0.521. The second kappa shape index (κ2) is 5.05. The fraction of sp³-hybridized carbons (Fsp3) is 0.133. The molecule has 0 N–H and O–H groups in total. The number of nitrogens with zero attached hydrogens (tertiary/aromatic N) is 2. The van der Waals surface area contributed by atoms with E-state index in [1.165, 1.54) is 0 Å². The molecule has 2 aromatic heterocycles. The van der Waals surface area contributed by atoms with Crippen molar-refractivity contribution < 1.29 is 4.74 Å². The van der Waals surface area contributed by atoms with Crippen molar-refractivity contribution >= 4 is 21.6 Å². The summed E-state index contributed by atoms with van der Waals surface area (Å²) in [4.78, 5) is 4.47. The third-order valence-corrected chi connectivity index (χ3v) is 3.68. The van der Waals surface area contributed by atoms with Crippen molar-refractivity contribution in [3.05, 3.63) is 64.5 Å². The lowest BCUT2D eigenvalue weighted by atomic mass is 10.2. The lowest BCUT2D eigenvalue weighted by Gasteiger charge is -2.08. The van der Waals surface area contributed by atoms with Gasteiger partial charge in [-0.25, -0.2) is 4.98 Å². The number of aromatic nitrogens is 2. The zero-order valence-corrected chi connectivity index (χ0v) is 12.1. The molecular weight excluding hydrogens is 304 g/mol. The minimum atomic E-state index is 0.521. The van der Waals surface area contributed by atoms with Crippen LogP contribution < -0.4 is 4.74 Å². The highest BCUT2D eigenvalue weighted by molar-refractivity contribution is 9.10. The van der Waals surface area contributed by atoms with E-state index in [0.717, 1.165) is 27.1 Å². The average Bonchev–Trinajstić information content (AvgIpc) is 2.78. The first-order valence-electron chi connectivity index (χ1n) is 6.04. The van der Waals surface area contributed by atoms with E-state index in [4.69, 9.17) is 4.74 Å². The first-order chi connectivity index (χ1) is 9.24. The highest BCUT2D eigenvalue weighted by Gasteiger charge is 2.06. The normalized spacial score (nSPS) is 10.8. The smallest absolute Gasteiger partial charge is 0.179 e. The molecule has 0 bridgehead atoms. The van der Waals surface area contributed by atoms with Gasteiger partial charge in [0.05, 0.1) is 5.69 Å². The standard InChI is InChI=1S/C15H13BrN2O/c1-11-9-18-8-4-7-14(15(18)17-11)19-10-12-5-2-3-6-13(12)16/h2-9H,10H2,1H3. The predicted molar refractivity (Wildman–Crippen MR) is 78.4 cm³/mol. The molecule has 0 atom stereocenters. The van der Waals surface area contributed by atoms with E-state index in [0.29, 0.717) is 6.61 Å². The van der Waals surface area contributed by atoms with Gasteiger partial charge < -0.3 is 9.14 Å². The third kappa shape index (κ3) is 2.49. The topological polar surface area (TPSA) is 26.5 Å². The molecule has 0 saturated carbocycles. The van der Waals surface area contributed by atoms with Gasteiger partial charge in [0.2, 0.25) is 0 Å². The molecule has 0 spiro atoms. The van der Waals surface area contributed by atoms with Gasteiger partial charge in [-0.2, -0.15) is 0 Å². The number of halogens is 1. The van der Waals surface area contributed by atoms with Crippen LogP contribution in [0.3, 0.4) is 0 Å². The summed E-state index contributed by atoms with van der Waals surface area (Å²) in [5.74, 6) is 0.798. The maximum Gasteiger partial charge on any atom is 0.179 e. The summed E-state index contributed by atoms with van der Waals surface area (Å²) in [6.45, 7) is 2.50. The van der Waals surface area contributed by atoms with Crippen LogP contribution in [0.1, 0.15) is 11.3 Å². The van der Waals surface area contributed by atoms with E-state index in [2.05, 4.69) is 20.9 Å². The van der Waals surface area contributed by atoms with Gasteiger partial charge in [0.25, 0.3) is 0 Å². The Bertz CT molecular complexity index is 721. The third-order valence-electron chi connectivity index (χ3n) is 2.91. The monoisotopic (exact) mass is 316 g/mol. The molecule has 3 aromatic rings. The Morgan fingerprint density at radius 2 is 2.05 bits per heavy atom. The van der Waals surface area contributed by atoms with Crippen molar-refractivity contribution in [3.63, 3.8) is 0 Å². The number of ether oxygens (including phenoxy) is 1. The highest BCUT2D eigenvalue weighted by atomic mass is 79.9. The fourth-order valence-corrected chi connectivity index (χ4v) is 2.39. The van der Waals surface area contributed by atoms with Crippen LogP contribution in [0, 0.1) is 6.92 Å². The molecule has 0 aliphatic carbocycles. The molecule has 4 heteroatoms. The van der Waals surface area contributed by atoms with Crippen LogP contribution in [0.15, 0.2) is 53.3 Å². The van der Waals surface area contributed by atoms with Crippen molar-refractivity contribution in [1.29, 1.82) is 0 Å². The van der Waals surface area contributed by atoms with Crippen molar-refractivity contribution in [2.75, 3.05) is 0 Å². The number of fused-ring (bicyclic) bond motifs is 1. The van der Waals surface area contributed by atoms with Gasteiger partial charge in [-0.1, -0.05) is 34.1 Å². The lowest BCUT2D eigenvalue weighted by Crippen LogP contribution is -1.98. The van der Waals surface area contributed by atoms with E-state index in [1.54, 1.807) is 0 Å². The van der Waals surface area contributed by atoms with E-state index in [1.807, 2.05) is 60.1 Å². The van der Waals surface area contributed by atoms with Gasteiger partial charge in [-0.05, 0) is 25.1 Å². The number of imidazole rings is 1. The molecule has 0 saturated heterocycles. The van der Waals surface area contributed by atoms with Crippen LogP contribution in [-0.2, 0) is 6.61 Å². The number of hydrogen-bond acceptors (Lipinski definition) is 2. The molecule has 0 unspecified atom stereocenters. The maximum absolute atomic E-state index is 5.89. The van der Waals surface area contributed by atoms with E-state index < -0.39 is 0 Å². The Labute approximate surface area is 120 Å². The van der Waals surface area contributed by atoms with Crippen LogP contribution >= 0.6 is 15.9 Å². The van der Waals surface area contributed by atoms with Gasteiger partial charge in [0.15, 0.2) is 11.4 Å². The van der Waals surface area contributed by atoms with Crippen LogP contribution in [0.4, 0.5) is 0 Å². The molecule has 1 aromatic carbocycles. The molecule has 2 heterocycles. The maximum atomic E-state index is 5.89. The second-order valence-electron chi connectivity index (χ2n) is 4.37. The highest BCUT2D eigenvalue weighted by Crippen LogP contribution is 2.22. The zero-order chi connectivity index (χ0) is 13.2. The Balaban J connectivity index is 1.88. The molecule has 3 rings (SSSR count). The van der Waals surface area contributed by atoms with Crippen LogP contribution in [-0.4, -0.2) is 9.38 Å². The first-order valence-corrected chi connectivity index (χ1v) is 6.84. The minimum Gasteiger partial charge on any atom is -0.485 e. The van der Waals surface area contributed by atoms with Crippen LogP contribution in [0.2, 0.25) is 0 Å². The summed E-state index contributed by atoms with van der Waals surface area (Å²) in [5.41, 5.74) is 2.96. The Hall–Kier alpha value is -1.81. The van der Waals surface area contributed by atoms with Crippen molar-refractivity contribution in [2.24, 2.45) is 0 Å². The quantitative estimate of drug-likeness (QED) is 0.730. The molecule has 0 amide bonds. The number of pyridine rings is 1. The van der Waals surface area contributed by atoms with E-state index >= 15 is 0 Å². The number of aryl methyl sites for hydroxylation is 1. The van der Waals surface area contributed by atoms with Crippen LogP contribution in [0.25, 0.3) is 5.65 Å². The van der Waals surface area contributed by atoms with E-state index in [-0.39, 0.29) is 0 Å². The summed E-state index contributed by atoms with van der Waals surface area (Å²) in [5, 5.41) is 0. The average molecular weight is 317 g/mol. The van der Waals surface area contributed by atoms with E-state index in [9.17, 15) is 0 Å². The molecular formula is C15H13BrN2O. The predicted octanol–water partition coefficient (Wildman–Crippen LogP) is 3.98. The summed E-state index contributed by atoms with van der Waals surface area (Å²) >= 11 is 3.52. The number of hydrogen-bond donors (Lipinski definition) is 0. The molecule has 0 fully saturated rings. The zero-order valence-electron chi connectivity index (χ0n) is 10.5. The van der Waals surface area contributed by atoms with Gasteiger partial charge >= 0.3 is 0 Å². The first kappa shape index (κ1) is 12.2. The van der Waals surface area contributed by atoms with Gasteiger partial charge in [-0.3, -0.25) is 0 Å². The summed E-state index contributed by atoms with van der Waals surface area (Å²) in [6.07, 6.45) is 3.96. The van der Waals surface area contributed by atoms with Crippen LogP contribution in [0.5, 0.6) is 5.75 Å². The van der Waals surface area contributed by atoms with Crippen molar-refractivity contribution in [1.82, 2.24) is 9.38 Å². The Morgan fingerprint density at radius 1 is 1.21 bits per heavy atom. The fourth-order valence-electron chi connectivity index (χ4n) is 1.99.